The maximum Gasteiger partial charge on any atom is 0.306 e. The van der Waals surface area contributed by atoms with Crippen LogP contribution in [0.2, 0.25) is 0 Å². The van der Waals surface area contributed by atoms with Crippen molar-refractivity contribution in [2.24, 2.45) is 5.73 Å². The van der Waals surface area contributed by atoms with Crippen molar-refractivity contribution in [1.82, 2.24) is 0 Å². The van der Waals surface area contributed by atoms with Gasteiger partial charge < -0.3 is 15.6 Å². The summed E-state index contributed by atoms with van der Waals surface area (Å²) in [6.45, 7) is 2.02. The minimum absolute atomic E-state index is 0.0929. The number of hydrogen-bond donors (Lipinski definition) is 2. The van der Waals surface area contributed by atoms with Crippen molar-refractivity contribution in [2.45, 2.75) is 26.2 Å². The van der Waals surface area contributed by atoms with E-state index >= 15 is 0 Å². The first-order chi connectivity index (χ1) is 9.54. The first-order valence-corrected chi connectivity index (χ1v) is 6.45. The molecule has 0 spiro atoms. The van der Waals surface area contributed by atoms with E-state index in [-0.39, 0.29) is 19.4 Å². The van der Waals surface area contributed by atoms with E-state index < -0.39 is 11.9 Å². The second-order valence-electron chi connectivity index (χ2n) is 4.29. The maximum atomic E-state index is 11.4. The molecule has 1 aromatic rings. The molecule has 0 radical (unpaired) electrons. The van der Waals surface area contributed by atoms with Crippen LogP contribution in [0, 0.1) is 0 Å². The summed E-state index contributed by atoms with van der Waals surface area (Å²) in [5, 5.41) is 8.49. The van der Waals surface area contributed by atoms with Gasteiger partial charge in [-0.05, 0) is 17.6 Å². The lowest BCUT2D eigenvalue weighted by Crippen LogP contribution is -2.12. The van der Waals surface area contributed by atoms with Crippen LogP contribution in [0.3, 0.4) is 0 Å². The molecule has 0 fully saturated rings. The number of hydrogen-bond acceptors (Lipinski definition) is 4. The molecule has 20 heavy (non-hydrogen) atoms. The molecular weight excluding hydrogens is 258 g/mol. The minimum atomic E-state index is -1.02. The summed E-state index contributed by atoms with van der Waals surface area (Å²) in [5.41, 5.74) is 8.35. The Bertz CT molecular complexity index is 494. The van der Waals surface area contributed by atoms with E-state index in [2.05, 4.69) is 0 Å². The Hall–Kier alpha value is -2.30. The highest BCUT2D eigenvalue weighted by molar-refractivity contribution is 5.76. The second-order valence-corrected chi connectivity index (χ2v) is 4.29. The summed E-state index contributed by atoms with van der Waals surface area (Å²) in [5.74, 6) is -1.55. The van der Waals surface area contributed by atoms with Crippen LogP contribution >= 0.6 is 0 Å². The third kappa shape index (κ3) is 5.14. The maximum absolute atomic E-state index is 11.4. The van der Waals surface area contributed by atoms with E-state index in [9.17, 15) is 9.59 Å². The number of carboxylic acids is 1. The van der Waals surface area contributed by atoms with Gasteiger partial charge in [0.1, 0.15) is 6.61 Å². The van der Waals surface area contributed by atoms with Crippen molar-refractivity contribution in [1.29, 1.82) is 0 Å². The molecule has 1 rings (SSSR count). The summed E-state index contributed by atoms with van der Waals surface area (Å²) in [6.07, 6.45) is 0.308. The molecule has 5 heteroatoms. The number of rotatable bonds is 7. The van der Waals surface area contributed by atoms with Crippen LogP contribution in [-0.4, -0.2) is 23.7 Å². The fourth-order valence-electron chi connectivity index (χ4n) is 1.64. The highest BCUT2D eigenvalue weighted by Crippen LogP contribution is 2.16. The van der Waals surface area contributed by atoms with Gasteiger partial charge in [0.25, 0.3) is 0 Å². The summed E-state index contributed by atoms with van der Waals surface area (Å²) >= 11 is 0. The molecule has 0 amide bonds. The van der Waals surface area contributed by atoms with E-state index in [0.29, 0.717) is 12.1 Å². The summed E-state index contributed by atoms with van der Waals surface area (Å²) in [6, 6.07) is 9.44. The van der Waals surface area contributed by atoms with E-state index in [1.54, 1.807) is 0 Å². The average molecular weight is 277 g/mol. The molecule has 0 saturated carbocycles. The molecule has 0 atom stereocenters. The topological polar surface area (TPSA) is 89.6 Å². The first kappa shape index (κ1) is 15.8. The molecule has 3 N–H and O–H groups in total. The lowest BCUT2D eigenvalue weighted by Gasteiger charge is -2.11. The van der Waals surface area contributed by atoms with Crippen LogP contribution in [0.5, 0.6) is 0 Å². The second kappa shape index (κ2) is 7.99. The molecule has 0 aliphatic rings. The van der Waals surface area contributed by atoms with Crippen LogP contribution in [0.15, 0.2) is 35.9 Å². The van der Waals surface area contributed by atoms with Gasteiger partial charge >= 0.3 is 11.9 Å². The van der Waals surface area contributed by atoms with Crippen LogP contribution in [-0.2, 0) is 14.3 Å². The lowest BCUT2D eigenvalue weighted by molar-refractivity contribution is -0.147. The first-order valence-electron chi connectivity index (χ1n) is 6.45. The number of benzene rings is 1. The molecule has 5 nitrogen and oxygen atoms in total. The van der Waals surface area contributed by atoms with Gasteiger partial charge in [-0.25, -0.2) is 0 Å². The van der Waals surface area contributed by atoms with E-state index in [1.807, 2.05) is 37.3 Å². The third-order valence-electron chi connectivity index (χ3n) is 2.84. The molecular formula is C15H19NO4. The molecule has 0 aliphatic carbocycles. The standard InChI is InChI=1S/C15H19NO4/c1-2-11(10-20-14(19)9-8-13(17)18)15(16)12-6-4-3-5-7-12/h3-7H,2,8-10,16H2,1H3,(H,17,18)/b15-11-. The molecule has 0 bridgehead atoms. The summed E-state index contributed by atoms with van der Waals surface area (Å²) in [4.78, 5) is 21.7. The van der Waals surface area contributed by atoms with Crippen molar-refractivity contribution in [3.63, 3.8) is 0 Å². The Morgan fingerprint density at radius 2 is 1.85 bits per heavy atom. The number of ether oxygens (including phenoxy) is 1. The van der Waals surface area contributed by atoms with Gasteiger partial charge in [-0.15, -0.1) is 0 Å². The highest BCUT2D eigenvalue weighted by Gasteiger charge is 2.10. The fourth-order valence-corrected chi connectivity index (χ4v) is 1.64. The minimum Gasteiger partial charge on any atom is -0.481 e. The predicted molar refractivity (Wildman–Crippen MR) is 75.7 cm³/mol. The van der Waals surface area contributed by atoms with Gasteiger partial charge in [0.05, 0.1) is 12.8 Å². The van der Waals surface area contributed by atoms with Gasteiger partial charge in [0.2, 0.25) is 0 Å². The van der Waals surface area contributed by atoms with Crippen molar-refractivity contribution in [3.8, 4) is 0 Å². The molecule has 0 unspecified atom stereocenters. The van der Waals surface area contributed by atoms with Gasteiger partial charge in [-0.1, -0.05) is 37.3 Å². The quantitative estimate of drug-likeness (QED) is 0.745. The van der Waals surface area contributed by atoms with E-state index in [1.165, 1.54) is 0 Å². The summed E-state index contributed by atoms with van der Waals surface area (Å²) in [7, 11) is 0. The largest absolute Gasteiger partial charge is 0.481 e. The SMILES string of the molecule is CC/C(COC(=O)CCC(=O)O)=C(/N)c1ccccc1. The summed E-state index contributed by atoms with van der Waals surface area (Å²) < 4.78 is 5.05. The molecule has 0 heterocycles. The Balaban J connectivity index is 2.63. The Kier molecular flexibility index (Phi) is 6.29. The number of nitrogens with two attached hydrogens (primary N) is 1. The highest BCUT2D eigenvalue weighted by atomic mass is 16.5. The molecule has 0 aliphatic heterocycles. The average Bonchev–Trinajstić information content (AvgIpc) is 2.46. The van der Waals surface area contributed by atoms with Gasteiger partial charge in [-0.3, -0.25) is 9.59 Å². The van der Waals surface area contributed by atoms with Crippen LogP contribution < -0.4 is 5.73 Å². The van der Waals surface area contributed by atoms with Crippen LogP contribution in [0.1, 0.15) is 31.7 Å². The Labute approximate surface area is 118 Å². The van der Waals surface area contributed by atoms with E-state index in [0.717, 1.165) is 11.1 Å². The van der Waals surface area contributed by atoms with E-state index in [4.69, 9.17) is 15.6 Å². The van der Waals surface area contributed by atoms with Crippen LogP contribution in [0.4, 0.5) is 0 Å². The predicted octanol–water partition coefficient (Wildman–Crippen LogP) is 2.17. The molecule has 1 aromatic carbocycles. The zero-order valence-electron chi connectivity index (χ0n) is 11.5. The van der Waals surface area contributed by atoms with Gasteiger partial charge in [0.15, 0.2) is 0 Å². The smallest absolute Gasteiger partial charge is 0.306 e. The lowest BCUT2D eigenvalue weighted by atomic mass is 10.1. The monoisotopic (exact) mass is 277 g/mol. The van der Waals surface area contributed by atoms with Crippen LogP contribution in [0.25, 0.3) is 5.70 Å². The normalized spacial score (nSPS) is 11.7. The zero-order valence-corrected chi connectivity index (χ0v) is 11.5. The number of esters is 1. The fraction of sp³-hybridized carbons (Fsp3) is 0.333. The van der Waals surface area contributed by atoms with Gasteiger partial charge in [0, 0.05) is 5.70 Å². The number of aliphatic carboxylic acids is 1. The Morgan fingerprint density at radius 3 is 2.40 bits per heavy atom. The van der Waals surface area contributed by atoms with Gasteiger partial charge in [-0.2, -0.15) is 0 Å². The molecule has 0 saturated heterocycles. The number of carbonyl (C=O) groups excluding carboxylic acids is 1. The Morgan fingerprint density at radius 1 is 1.20 bits per heavy atom. The van der Waals surface area contributed by atoms with Crippen molar-refractivity contribution in [2.75, 3.05) is 6.61 Å². The number of carboxylic acid groups (broad SMARTS) is 1. The third-order valence-corrected chi connectivity index (χ3v) is 2.84. The van der Waals surface area contributed by atoms with Crippen molar-refractivity contribution >= 4 is 17.6 Å². The molecule has 0 aromatic heterocycles. The van der Waals surface area contributed by atoms with Crippen molar-refractivity contribution in [3.05, 3.63) is 41.5 Å². The number of carbonyl (C=O) groups is 2. The van der Waals surface area contributed by atoms with Crippen molar-refractivity contribution < 1.29 is 19.4 Å². The zero-order chi connectivity index (χ0) is 15.0. The molecule has 108 valence electrons.